The molecule has 9 heteroatoms. The summed E-state index contributed by atoms with van der Waals surface area (Å²) in [6.45, 7) is 5.20. The molecule has 1 aromatic carbocycles. The van der Waals surface area contributed by atoms with Gasteiger partial charge in [-0.2, -0.15) is 5.10 Å². The predicted molar refractivity (Wildman–Crippen MR) is 145 cm³/mol. The Hall–Kier alpha value is -4.11. The number of carbonyl (C=O) groups is 1. The molecule has 0 bridgehead atoms. The molecule has 5 rings (SSSR count). The van der Waals surface area contributed by atoms with Crippen molar-refractivity contribution in [2.24, 2.45) is 0 Å². The lowest BCUT2D eigenvalue weighted by Gasteiger charge is -2.11. The number of aryl methyl sites for hydroxylation is 1. The molecule has 1 N–H and O–H groups in total. The third-order valence-electron chi connectivity index (χ3n) is 6.21. The highest BCUT2D eigenvalue weighted by molar-refractivity contribution is 7.13. The number of amides is 1. The smallest absolute Gasteiger partial charge is 0.255 e. The van der Waals surface area contributed by atoms with E-state index in [4.69, 9.17) is 4.98 Å². The van der Waals surface area contributed by atoms with E-state index in [-0.39, 0.29) is 5.91 Å². The fourth-order valence-electron chi connectivity index (χ4n) is 4.20. The molecule has 5 aromatic rings. The number of aromatic nitrogens is 6. The lowest BCUT2D eigenvalue weighted by Crippen LogP contribution is -2.25. The minimum Gasteiger partial charge on any atom is -0.346 e. The Kier molecular flexibility index (Phi) is 7.51. The van der Waals surface area contributed by atoms with Gasteiger partial charge >= 0.3 is 0 Å². The molecule has 1 amide bonds. The number of hydrogen-bond donors (Lipinski definition) is 1. The van der Waals surface area contributed by atoms with E-state index in [0.29, 0.717) is 31.0 Å². The van der Waals surface area contributed by atoms with E-state index < -0.39 is 0 Å². The lowest BCUT2D eigenvalue weighted by atomic mass is 10.1. The first-order valence-corrected chi connectivity index (χ1v) is 13.3. The summed E-state index contributed by atoms with van der Waals surface area (Å²) < 4.78 is 3.75. The predicted octanol–water partition coefficient (Wildman–Crippen LogP) is 5.22. The number of imidazole rings is 1. The number of hydrogen-bond acceptors (Lipinski definition) is 6. The highest BCUT2D eigenvalue weighted by Gasteiger charge is 2.20. The normalized spacial score (nSPS) is 11.1. The second-order valence-corrected chi connectivity index (χ2v) is 9.83. The Labute approximate surface area is 220 Å². The number of rotatable bonds is 10. The zero-order chi connectivity index (χ0) is 25.6. The first kappa shape index (κ1) is 24.6. The summed E-state index contributed by atoms with van der Waals surface area (Å²) in [4.78, 5) is 28.0. The maximum atomic E-state index is 13.3. The Bertz CT molecular complexity index is 1470. The van der Waals surface area contributed by atoms with Crippen LogP contribution >= 0.6 is 11.3 Å². The summed E-state index contributed by atoms with van der Waals surface area (Å²) in [5.41, 5.74) is 5.36. The third kappa shape index (κ3) is 5.51. The van der Waals surface area contributed by atoms with Crippen LogP contribution in [0, 0.1) is 6.92 Å². The molecule has 0 fully saturated rings. The molecule has 0 saturated heterocycles. The molecule has 37 heavy (non-hydrogen) atoms. The Morgan fingerprint density at radius 1 is 1.08 bits per heavy atom. The molecule has 0 saturated carbocycles. The molecule has 0 atom stereocenters. The fraction of sp³-hybridized carbons (Fsp3) is 0.250. The van der Waals surface area contributed by atoms with Crippen LogP contribution in [-0.4, -0.2) is 35.2 Å². The van der Waals surface area contributed by atoms with Crippen LogP contribution in [0.25, 0.3) is 16.5 Å². The zero-order valence-electron chi connectivity index (χ0n) is 21.0. The van der Waals surface area contributed by atoms with Gasteiger partial charge in [-0.1, -0.05) is 49.7 Å². The van der Waals surface area contributed by atoms with Crippen molar-refractivity contribution in [1.29, 1.82) is 0 Å². The number of benzene rings is 1. The van der Waals surface area contributed by atoms with Gasteiger partial charge in [-0.3, -0.25) is 4.79 Å². The van der Waals surface area contributed by atoms with Crippen molar-refractivity contribution in [3.05, 3.63) is 101 Å². The highest BCUT2D eigenvalue weighted by atomic mass is 32.1. The molecule has 0 aliphatic heterocycles. The molecule has 0 spiro atoms. The van der Waals surface area contributed by atoms with Gasteiger partial charge in [0.25, 0.3) is 11.9 Å². The van der Waals surface area contributed by atoms with Gasteiger partial charge in [0.2, 0.25) is 0 Å². The van der Waals surface area contributed by atoms with Crippen LogP contribution in [0.4, 0.5) is 0 Å². The SMILES string of the molecule is CCCCc1c(C(=O)NCc2cncn2Cc2ccccc2)cnn1-c1ncc(C)c(-c2cccs2)n1. The van der Waals surface area contributed by atoms with Crippen LogP contribution in [0.15, 0.2) is 72.8 Å². The minimum atomic E-state index is -0.171. The number of carbonyl (C=O) groups excluding carboxylic acids is 1. The van der Waals surface area contributed by atoms with Crippen molar-refractivity contribution in [1.82, 2.24) is 34.6 Å². The monoisotopic (exact) mass is 511 g/mol. The molecule has 0 radical (unpaired) electrons. The van der Waals surface area contributed by atoms with Gasteiger partial charge in [-0.05, 0) is 42.3 Å². The summed E-state index contributed by atoms with van der Waals surface area (Å²) in [6, 6.07) is 14.2. The maximum Gasteiger partial charge on any atom is 0.255 e. The minimum absolute atomic E-state index is 0.171. The van der Waals surface area contributed by atoms with Crippen molar-refractivity contribution in [3.63, 3.8) is 0 Å². The van der Waals surface area contributed by atoms with Gasteiger partial charge in [-0.15, -0.1) is 11.3 Å². The molecule has 8 nitrogen and oxygen atoms in total. The van der Waals surface area contributed by atoms with E-state index in [2.05, 4.69) is 39.4 Å². The number of nitrogens with one attached hydrogen (secondary N) is 1. The van der Waals surface area contributed by atoms with E-state index >= 15 is 0 Å². The standard InChI is InChI=1S/C28H29N7OS/c1-3-4-11-24-23(17-32-35(24)28-31-14-20(2)26(33-28)25-12-8-13-37-25)27(36)30-16-22-15-29-19-34(22)18-21-9-6-5-7-10-21/h5-10,12-15,17,19H,3-4,11,16,18H2,1-2H3,(H,30,36). The molecule has 188 valence electrons. The number of nitrogens with zero attached hydrogens (tertiary/aromatic N) is 6. The van der Waals surface area contributed by atoms with E-state index in [1.807, 2.05) is 53.4 Å². The van der Waals surface area contributed by atoms with Crippen LogP contribution in [0.1, 0.15) is 52.6 Å². The second-order valence-electron chi connectivity index (χ2n) is 8.88. The topological polar surface area (TPSA) is 90.5 Å². The summed E-state index contributed by atoms with van der Waals surface area (Å²) in [5, 5.41) is 9.64. The van der Waals surface area contributed by atoms with Crippen molar-refractivity contribution < 1.29 is 4.79 Å². The van der Waals surface area contributed by atoms with Crippen molar-refractivity contribution in [3.8, 4) is 16.5 Å². The van der Waals surface area contributed by atoms with E-state index in [1.54, 1.807) is 34.7 Å². The molecule has 4 heterocycles. The first-order valence-electron chi connectivity index (χ1n) is 12.4. The van der Waals surface area contributed by atoms with Crippen LogP contribution in [0.5, 0.6) is 0 Å². The summed E-state index contributed by atoms with van der Waals surface area (Å²) in [7, 11) is 0. The lowest BCUT2D eigenvalue weighted by molar-refractivity contribution is 0.0949. The first-order chi connectivity index (χ1) is 18.1. The van der Waals surface area contributed by atoms with Crippen molar-refractivity contribution >= 4 is 17.2 Å². The van der Waals surface area contributed by atoms with E-state index in [9.17, 15) is 4.79 Å². The maximum absolute atomic E-state index is 13.3. The van der Waals surface area contributed by atoms with Gasteiger partial charge < -0.3 is 9.88 Å². The Morgan fingerprint density at radius 2 is 1.95 bits per heavy atom. The average Bonchev–Trinajstić information content (AvgIpc) is 3.69. The van der Waals surface area contributed by atoms with Crippen LogP contribution in [0.2, 0.25) is 0 Å². The van der Waals surface area contributed by atoms with Crippen molar-refractivity contribution in [2.75, 3.05) is 0 Å². The zero-order valence-corrected chi connectivity index (χ0v) is 21.8. The van der Waals surface area contributed by atoms with Gasteiger partial charge in [-0.25, -0.2) is 19.6 Å². The molecule has 0 aliphatic rings. The summed E-state index contributed by atoms with van der Waals surface area (Å²) >= 11 is 1.64. The quantitative estimate of drug-likeness (QED) is 0.278. The second kappa shape index (κ2) is 11.3. The Morgan fingerprint density at radius 3 is 2.73 bits per heavy atom. The number of unbranched alkanes of at least 4 members (excludes halogenated alkanes) is 1. The number of thiophene rings is 1. The molecular weight excluding hydrogens is 482 g/mol. The Balaban J connectivity index is 1.37. The largest absolute Gasteiger partial charge is 0.346 e. The van der Waals surface area contributed by atoms with E-state index in [0.717, 1.165) is 40.4 Å². The van der Waals surface area contributed by atoms with E-state index in [1.165, 1.54) is 5.56 Å². The van der Waals surface area contributed by atoms with Crippen LogP contribution in [0.3, 0.4) is 0 Å². The molecular formula is C28H29N7OS. The van der Waals surface area contributed by atoms with Crippen molar-refractivity contribution in [2.45, 2.75) is 46.2 Å². The average molecular weight is 512 g/mol. The molecule has 4 aromatic heterocycles. The van der Waals surface area contributed by atoms with Crippen LogP contribution < -0.4 is 5.32 Å². The third-order valence-corrected chi connectivity index (χ3v) is 7.08. The fourth-order valence-corrected chi connectivity index (χ4v) is 4.98. The highest BCUT2D eigenvalue weighted by Crippen LogP contribution is 2.26. The summed E-state index contributed by atoms with van der Waals surface area (Å²) in [5.74, 6) is 0.301. The molecule has 0 unspecified atom stereocenters. The summed E-state index contributed by atoms with van der Waals surface area (Å²) in [6.07, 6.45) is 9.65. The van der Waals surface area contributed by atoms with Gasteiger partial charge in [0.15, 0.2) is 0 Å². The molecule has 0 aliphatic carbocycles. The van der Waals surface area contributed by atoms with Gasteiger partial charge in [0.1, 0.15) is 0 Å². The van der Waals surface area contributed by atoms with Crippen LogP contribution in [-0.2, 0) is 19.5 Å². The van der Waals surface area contributed by atoms with Gasteiger partial charge in [0, 0.05) is 18.9 Å². The van der Waals surface area contributed by atoms with Gasteiger partial charge in [0.05, 0.1) is 46.6 Å².